The summed E-state index contributed by atoms with van der Waals surface area (Å²) >= 11 is 0. The maximum absolute atomic E-state index is 6.48. The summed E-state index contributed by atoms with van der Waals surface area (Å²) in [5.74, 6) is 0.860. The molecular weight excluding hydrogens is 396 g/mol. The number of hydrogen-bond donors (Lipinski definition) is 0. The van der Waals surface area contributed by atoms with Gasteiger partial charge in [0.15, 0.2) is 18.2 Å². The zero-order valence-electron chi connectivity index (χ0n) is 19.6. The highest BCUT2D eigenvalue weighted by Crippen LogP contribution is 2.60. The second-order valence-electron chi connectivity index (χ2n) is 10.7. The predicted octanol–water partition coefficient (Wildman–Crippen LogP) is 4.06. The van der Waals surface area contributed by atoms with Crippen molar-refractivity contribution in [1.82, 2.24) is 9.80 Å². The summed E-state index contributed by atoms with van der Waals surface area (Å²) in [6.07, 6.45) is 11.3. The number of fused-ring (bicyclic) bond motifs is 2. The Morgan fingerprint density at radius 1 is 1.03 bits per heavy atom. The second-order valence-corrected chi connectivity index (χ2v) is 10.7. The van der Waals surface area contributed by atoms with Gasteiger partial charge in [-0.25, -0.2) is 9.78 Å². The van der Waals surface area contributed by atoms with Crippen molar-refractivity contribution in [1.29, 1.82) is 0 Å². The molecule has 2 bridgehead atoms. The van der Waals surface area contributed by atoms with Crippen LogP contribution in [-0.4, -0.2) is 60.6 Å². The summed E-state index contributed by atoms with van der Waals surface area (Å²) < 4.78 is 19.2. The van der Waals surface area contributed by atoms with Crippen LogP contribution in [0, 0.1) is 23.7 Å². The lowest BCUT2D eigenvalue weighted by atomic mass is 9.58. The first kappa shape index (κ1) is 22.0. The second kappa shape index (κ2) is 8.49. The summed E-state index contributed by atoms with van der Waals surface area (Å²) in [6.45, 7) is 9.41. The molecule has 0 aromatic heterocycles. The summed E-state index contributed by atoms with van der Waals surface area (Å²) in [7, 11) is 2.11. The zero-order chi connectivity index (χ0) is 21.6. The molecule has 0 N–H and O–H groups in total. The van der Waals surface area contributed by atoms with Gasteiger partial charge in [-0.05, 0) is 57.3 Å². The first-order valence-corrected chi connectivity index (χ1v) is 12.4. The van der Waals surface area contributed by atoms with Crippen LogP contribution in [0.15, 0.2) is 12.4 Å². The summed E-state index contributed by atoms with van der Waals surface area (Å²) in [6, 6.07) is 0. The Kier molecular flexibility index (Phi) is 6.01. The minimum atomic E-state index is -0.721. The van der Waals surface area contributed by atoms with E-state index < -0.39 is 17.7 Å². The lowest BCUT2D eigenvalue weighted by molar-refractivity contribution is -0.577. The lowest BCUT2D eigenvalue weighted by Gasteiger charge is -2.60. The molecule has 1 aliphatic carbocycles. The van der Waals surface area contributed by atoms with Gasteiger partial charge in [0.05, 0.1) is 6.67 Å². The highest BCUT2D eigenvalue weighted by Gasteiger charge is 2.69. The van der Waals surface area contributed by atoms with E-state index in [0.29, 0.717) is 17.8 Å². The van der Waals surface area contributed by atoms with Gasteiger partial charge in [-0.1, -0.05) is 13.8 Å². The minimum Gasteiger partial charge on any atom is -0.362 e. The van der Waals surface area contributed by atoms with Crippen molar-refractivity contribution < 1.29 is 24.0 Å². The van der Waals surface area contributed by atoms with Gasteiger partial charge in [0, 0.05) is 50.9 Å². The van der Waals surface area contributed by atoms with Gasteiger partial charge >= 0.3 is 0 Å². The number of hydrogen-bond acceptors (Lipinski definition) is 7. The predicted molar refractivity (Wildman–Crippen MR) is 115 cm³/mol. The number of ether oxygens (including phenoxy) is 3. The third-order valence-corrected chi connectivity index (χ3v) is 8.41. The maximum atomic E-state index is 6.48. The Morgan fingerprint density at radius 2 is 1.90 bits per heavy atom. The smallest absolute Gasteiger partial charge is 0.201 e. The lowest BCUT2D eigenvalue weighted by Crippen LogP contribution is -2.70. The summed E-state index contributed by atoms with van der Waals surface area (Å²) in [4.78, 5) is 16.6. The fraction of sp³-hybridized carbons (Fsp3) is 0.917. The van der Waals surface area contributed by atoms with Gasteiger partial charge in [-0.15, -0.1) is 0 Å². The monoisotopic (exact) mass is 436 g/mol. The molecule has 31 heavy (non-hydrogen) atoms. The van der Waals surface area contributed by atoms with Crippen LogP contribution in [0.3, 0.4) is 0 Å². The van der Waals surface area contributed by atoms with Crippen molar-refractivity contribution >= 4 is 0 Å². The fourth-order valence-corrected chi connectivity index (χ4v) is 6.59. The van der Waals surface area contributed by atoms with Crippen LogP contribution in [0.25, 0.3) is 0 Å². The Balaban J connectivity index is 1.17. The quantitative estimate of drug-likeness (QED) is 0.441. The van der Waals surface area contributed by atoms with Crippen LogP contribution < -0.4 is 0 Å². The van der Waals surface area contributed by atoms with E-state index in [0.717, 1.165) is 51.9 Å². The molecule has 8 atom stereocenters. The van der Waals surface area contributed by atoms with Crippen molar-refractivity contribution in [3.05, 3.63) is 12.4 Å². The molecular formula is C24H40N2O5. The molecule has 1 spiro atoms. The zero-order valence-corrected chi connectivity index (χ0v) is 19.6. The first-order valence-electron chi connectivity index (χ1n) is 12.4. The van der Waals surface area contributed by atoms with E-state index in [1.54, 1.807) is 0 Å². The molecule has 7 nitrogen and oxygen atoms in total. The minimum absolute atomic E-state index is 0.239. The maximum Gasteiger partial charge on any atom is 0.201 e. The molecule has 0 radical (unpaired) electrons. The highest BCUT2D eigenvalue weighted by atomic mass is 17.3. The molecule has 0 aromatic carbocycles. The molecule has 0 aromatic rings. The van der Waals surface area contributed by atoms with E-state index in [-0.39, 0.29) is 12.2 Å². The Bertz CT molecular complexity index is 676. The summed E-state index contributed by atoms with van der Waals surface area (Å²) in [5, 5.41) is 0. The average molecular weight is 437 g/mol. The first-order chi connectivity index (χ1) is 14.9. The molecule has 1 saturated carbocycles. The standard InChI is InChI=1S/C24H40N2O5/c1-17-8-9-20-18(2)21(27-15-7-5-6-12-26-14-13-25(4)16-26)28-22-24(20)19(17)10-11-23(3,29-22)30-31-24/h13-14,17-22H,5-12,15-16H2,1-4H3/t17-,18-,19+,20+,21+,22-,23-,24-/m1/s1. The molecule has 5 fully saturated rings. The average Bonchev–Trinajstić information content (AvgIpc) is 3.02. The molecule has 0 unspecified atom stereocenters. The highest BCUT2D eigenvalue weighted by molar-refractivity contribution is 5.09. The largest absolute Gasteiger partial charge is 0.362 e. The topological polar surface area (TPSA) is 52.6 Å². The van der Waals surface area contributed by atoms with Crippen LogP contribution >= 0.6 is 0 Å². The summed E-state index contributed by atoms with van der Waals surface area (Å²) in [5.41, 5.74) is -0.497. The van der Waals surface area contributed by atoms with E-state index in [1.165, 1.54) is 12.8 Å². The van der Waals surface area contributed by atoms with Gasteiger partial charge in [-0.3, -0.25) is 0 Å². The van der Waals surface area contributed by atoms with Crippen LogP contribution in [-0.2, 0) is 24.0 Å². The van der Waals surface area contributed by atoms with E-state index in [4.69, 9.17) is 24.0 Å². The van der Waals surface area contributed by atoms with E-state index in [2.05, 4.69) is 43.1 Å². The molecule has 6 aliphatic rings. The molecule has 0 amide bonds. The van der Waals surface area contributed by atoms with Crippen molar-refractivity contribution in [2.75, 3.05) is 26.9 Å². The number of nitrogens with zero attached hydrogens (tertiary/aromatic N) is 2. The SMILES string of the molecule is C[C@H]1[C@@H](OCCCCCN2C=CN(C)C2)O[C@@H]2O[C@@]3(C)CC[C@H]4[C@H](C)CC[C@@H]1[C@@]24OO3. The van der Waals surface area contributed by atoms with Gasteiger partial charge in [0.25, 0.3) is 0 Å². The van der Waals surface area contributed by atoms with Crippen LogP contribution in [0.4, 0.5) is 0 Å². The van der Waals surface area contributed by atoms with Crippen LogP contribution in [0.2, 0.25) is 0 Å². The molecule has 4 saturated heterocycles. The Morgan fingerprint density at radius 3 is 2.71 bits per heavy atom. The third kappa shape index (κ3) is 3.90. The molecule has 7 heteroatoms. The molecule has 5 heterocycles. The number of rotatable bonds is 7. The molecule has 176 valence electrons. The van der Waals surface area contributed by atoms with Gasteiger partial charge in [-0.2, -0.15) is 0 Å². The third-order valence-electron chi connectivity index (χ3n) is 8.41. The van der Waals surface area contributed by atoms with Gasteiger partial charge in [0.1, 0.15) is 0 Å². The Labute approximate surface area is 186 Å². The van der Waals surface area contributed by atoms with E-state index in [1.807, 2.05) is 6.92 Å². The van der Waals surface area contributed by atoms with Crippen molar-refractivity contribution in [3.63, 3.8) is 0 Å². The van der Waals surface area contributed by atoms with Crippen molar-refractivity contribution in [2.24, 2.45) is 23.7 Å². The van der Waals surface area contributed by atoms with E-state index >= 15 is 0 Å². The molecule has 6 rings (SSSR count). The normalized spacial score (nSPS) is 46.3. The fourth-order valence-electron chi connectivity index (χ4n) is 6.59. The van der Waals surface area contributed by atoms with Crippen LogP contribution in [0.1, 0.15) is 65.7 Å². The van der Waals surface area contributed by atoms with Gasteiger partial charge < -0.3 is 24.0 Å². The molecule has 5 aliphatic heterocycles. The van der Waals surface area contributed by atoms with Crippen molar-refractivity contribution in [3.8, 4) is 0 Å². The Hall–Kier alpha value is -0.860. The number of unbranched alkanes of at least 4 members (excludes halogenated alkanes) is 2. The van der Waals surface area contributed by atoms with Crippen LogP contribution in [0.5, 0.6) is 0 Å². The van der Waals surface area contributed by atoms with Crippen molar-refractivity contribution in [2.45, 2.75) is 89.7 Å². The van der Waals surface area contributed by atoms with E-state index in [9.17, 15) is 0 Å². The van der Waals surface area contributed by atoms with Gasteiger partial charge in [0.2, 0.25) is 5.79 Å².